The highest BCUT2D eigenvalue weighted by atomic mass is 32.2. The number of nitrogens with one attached hydrogen (secondary N) is 2. The molecule has 5 nitrogen and oxygen atoms in total. The molecule has 0 bridgehead atoms. The lowest BCUT2D eigenvalue weighted by Gasteiger charge is -2.38. The van der Waals surface area contributed by atoms with Crippen molar-refractivity contribution in [3.63, 3.8) is 0 Å². The molecule has 122 valence electrons. The molecule has 4 atom stereocenters. The van der Waals surface area contributed by atoms with Gasteiger partial charge in [-0.2, -0.15) is 4.83 Å². The van der Waals surface area contributed by atoms with E-state index in [9.17, 15) is 8.42 Å². The normalized spacial score (nSPS) is 33.8. The molecule has 0 radical (unpaired) electrons. The van der Waals surface area contributed by atoms with Gasteiger partial charge in [0.1, 0.15) is 0 Å². The number of nitrogens with zero attached hydrogens (tertiary/aromatic N) is 1. The zero-order chi connectivity index (χ0) is 15.6. The van der Waals surface area contributed by atoms with Gasteiger partial charge in [-0.25, -0.2) is 13.8 Å². The predicted molar refractivity (Wildman–Crippen MR) is 86.2 cm³/mol. The predicted octanol–water partition coefficient (Wildman–Crippen LogP) is 1.35. The van der Waals surface area contributed by atoms with Crippen molar-refractivity contribution < 1.29 is 8.42 Å². The number of hydrazine groups is 1. The Morgan fingerprint density at radius 3 is 2.52 bits per heavy atom. The second kappa shape index (κ2) is 6.77. The third-order valence-corrected chi connectivity index (χ3v) is 5.30. The van der Waals surface area contributed by atoms with Gasteiger partial charge in [-0.3, -0.25) is 0 Å². The summed E-state index contributed by atoms with van der Waals surface area (Å²) in [5, 5.41) is 0. The minimum Gasteiger partial charge on any atom is -0.306 e. The summed E-state index contributed by atoms with van der Waals surface area (Å²) in [5.41, 5.74) is 4.47. The van der Waals surface area contributed by atoms with Gasteiger partial charge in [-0.15, -0.1) is 0 Å². The maximum atomic E-state index is 11.4. The van der Waals surface area contributed by atoms with E-state index in [0.29, 0.717) is 17.8 Å². The molecule has 1 aliphatic carbocycles. The summed E-state index contributed by atoms with van der Waals surface area (Å²) < 4.78 is 22.8. The molecule has 1 saturated heterocycles. The number of hydrogen-bond donors (Lipinski definition) is 2. The molecule has 0 aromatic heterocycles. The summed E-state index contributed by atoms with van der Waals surface area (Å²) in [6.07, 6.45) is 6.89. The molecular formula is C15H29N3O2S. The summed E-state index contributed by atoms with van der Waals surface area (Å²) in [4.78, 5) is 4.87. The second-order valence-corrected chi connectivity index (χ2v) is 8.36. The fourth-order valence-electron chi connectivity index (χ4n) is 3.97. The van der Waals surface area contributed by atoms with E-state index in [0.717, 1.165) is 32.4 Å². The zero-order valence-electron chi connectivity index (χ0n) is 13.6. The molecule has 6 heteroatoms. The van der Waals surface area contributed by atoms with Crippen LogP contribution in [0.15, 0.2) is 11.6 Å². The largest absolute Gasteiger partial charge is 0.306 e. The summed E-state index contributed by atoms with van der Waals surface area (Å²) in [6, 6.07) is 0.123. The molecule has 0 saturated carbocycles. The van der Waals surface area contributed by atoms with Crippen LogP contribution < -0.4 is 10.3 Å². The van der Waals surface area contributed by atoms with Crippen molar-refractivity contribution in [1.82, 2.24) is 15.2 Å². The van der Waals surface area contributed by atoms with Gasteiger partial charge in [0.2, 0.25) is 10.0 Å². The standard InChI is InChI=1S/C15H29N3O2S/c1-5-7-12-8-11(6-2)13-9-18(3)10-14(13)15(12)16-17-21(4,19)20/h8,11,13-17H,5-7,9-10H2,1-4H3/t11-,13-,14-,15+/m0/s1. The lowest BCUT2D eigenvalue weighted by atomic mass is 9.70. The quantitative estimate of drug-likeness (QED) is 0.574. The highest BCUT2D eigenvalue weighted by molar-refractivity contribution is 7.88. The topological polar surface area (TPSA) is 61.4 Å². The highest BCUT2D eigenvalue weighted by Gasteiger charge is 2.43. The van der Waals surface area contributed by atoms with Crippen LogP contribution in [0.1, 0.15) is 33.1 Å². The van der Waals surface area contributed by atoms with E-state index in [1.54, 1.807) is 0 Å². The number of hydrogen-bond acceptors (Lipinski definition) is 4. The summed E-state index contributed by atoms with van der Waals surface area (Å²) in [7, 11) is -1.07. The Labute approximate surface area is 129 Å². The highest BCUT2D eigenvalue weighted by Crippen LogP contribution is 2.41. The van der Waals surface area contributed by atoms with Crippen LogP contribution in [-0.4, -0.2) is 45.8 Å². The van der Waals surface area contributed by atoms with E-state index in [2.05, 4.69) is 42.1 Å². The van der Waals surface area contributed by atoms with Crippen LogP contribution in [-0.2, 0) is 10.0 Å². The Bertz CT molecular complexity index is 489. The summed E-state index contributed by atoms with van der Waals surface area (Å²) >= 11 is 0. The number of likely N-dealkylation sites (tertiary alicyclic amines) is 1. The molecule has 1 aliphatic heterocycles. The first-order valence-electron chi connectivity index (χ1n) is 7.97. The molecule has 0 aromatic rings. The molecule has 2 rings (SSSR count). The van der Waals surface area contributed by atoms with Gasteiger partial charge < -0.3 is 4.90 Å². The van der Waals surface area contributed by atoms with Crippen molar-refractivity contribution in [1.29, 1.82) is 0 Å². The molecule has 0 unspecified atom stereocenters. The van der Waals surface area contributed by atoms with Crippen LogP contribution in [0.25, 0.3) is 0 Å². The summed E-state index contributed by atoms with van der Waals surface area (Å²) in [6.45, 7) is 6.57. The third-order valence-electron chi connectivity index (χ3n) is 4.81. The minimum atomic E-state index is -3.23. The number of sulfonamides is 1. The Morgan fingerprint density at radius 1 is 1.29 bits per heavy atom. The first-order chi connectivity index (χ1) is 9.85. The van der Waals surface area contributed by atoms with Crippen LogP contribution in [0.5, 0.6) is 0 Å². The van der Waals surface area contributed by atoms with Crippen molar-refractivity contribution in [2.75, 3.05) is 26.4 Å². The molecule has 21 heavy (non-hydrogen) atoms. The third kappa shape index (κ3) is 4.06. The number of rotatable bonds is 6. The molecule has 1 fully saturated rings. The van der Waals surface area contributed by atoms with Gasteiger partial charge >= 0.3 is 0 Å². The van der Waals surface area contributed by atoms with Crippen LogP contribution in [0, 0.1) is 17.8 Å². The van der Waals surface area contributed by atoms with Crippen LogP contribution in [0.4, 0.5) is 0 Å². The van der Waals surface area contributed by atoms with Crippen molar-refractivity contribution in [2.45, 2.75) is 39.2 Å². The van der Waals surface area contributed by atoms with Crippen molar-refractivity contribution in [3.05, 3.63) is 11.6 Å². The van der Waals surface area contributed by atoms with Crippen molar-refractivity contribution >= 4 is 10.0 Å². The summed E-state index contributed by atoms with van der Waals surface area (Å²) in [5.74, 6) is 1.73. The zero-order valence-corrected chi connectivity index (χ0v) is 14.4. The smallest absolute Gasteiger partial charge is 0.221 e. The lowest BCUT2D eigenvalue weighted by molar-refractivity contribution is 0.240. The molecule has 2 aliphatic rings. The molecular weight excluding hydrogens is 286 g/mol. The van der Waals surface area contributed by atoms with Gasteiger partial charge in [0.15, 0.2) is 0 Å². The van der Waals surface area contributed by atoms with Crippen LogP contribution in [0.2, 0.25) is 0 Å². The van der Waals surface area contributed by atoms with Gasteiger partial charge in [0.05, 0.1) is 6.26 Å². The van der Waals surface area contributed by atoms with E-state index in [-0.39, 0.29) is 6.04 Å². The van der Waals surface area contributed by atoms with Gasteiger partial charge in [-0.1, -0.05) is 31.9 Å². The molecule has 0 spiro atoms. The van der Waals surface area contributed by atoms with E-state index < -0.39 is 10.0 Å². The molecule has 1 heterocycles. The Hall–Kier alpha value is -0.430. The average molecular weight is 315 g/mol. The van der Waals surface area contributed by atoms with Crippen molar-refractivity contribution in [3.8, 4) is 0 Å². The fourth-order valence-corrected chi connectivity index (χ4v) is 4.31. The van der Waals surface area contributed by atoms with E-state index in [1.165, 1.54) is 11.8 Å². The Kier molecular flexibility index (Phi) is 5.46. The molecule has 0 aromatic carbocycles. The minimum absolute atomic E-state index is 0.123. The van der Waals surface area contributed by atoms with E-state index >= 15 is 0 Å². The average Bonchev–Trinajstić information content (AvgIpc) is 2.77. The number of allylic oxidation sites excluding steroid dienone is 1. The Balaban J connectivity index is 2.23. The SMILES string of the molecule is CCCC1=C[C@H](CC)[C@@H]2CN(C)C[C@@H]2[C@@H]1NNS(C)(=O)=O. The van der Waals surface area contributed by atoms with Gasteiger partial charge in [0.25, 0.3) is 0 Å². The monoisotopic (exact) mass is 315 g/mol. The van der Waals surface area contributed by atoms with Crippen molar-refractivity contribution in [2.24, 2.45) is 17.8 Å². The maximum absolute atomic E-state index is 11.4. The Morgan fingerprint density at radius 2 is 1.95 bits per heavy atom. The van der Waals surface area contributed by atoms with Gasteiger partial charge in [0, 0.05) is 19.1 Å². The number of fused-ring (bicyclic) bond motifs is 1. The molecule has 2 N–H and O–H groups in total. The maximum Gasteiger partial charge on any atom is 0.221 e. The van der Waals surface area contributed by atoms with Gasteiger partial charge in [-0.05, 0) is 37.6 Å². The first kappa shape index (κ1) is 16.9. The van der Waals surface area contributed by atoms with E-state index in [4.69, 9.17) is 0 Å². The van der Waals surface area contributed by atoms with Crippen LogP contribution >= 0.6 is 0 Å². The lowest BCUT2D eigenvalue weighted by Crippen LogP contribution is -2.52. The van der Waals surface area contributed by atoms with Crippen LogP contribution in [0.3, 0.4) is 0 Å². The van der Waals surface area contributed by atoms with E-state index in [1.807, 2.05) is 0 Å². The molecule has 0 amide bonds. The fraction of sp³-hybridized carbons (Fsp3) is 0.867. The first-order valence-corrected chi connectivity index (χ1v) is 9.86. The second-order valence-electron chi connectivity index (χ2n) is 6.61.